The van der Waals surface area contributed by atoms with E-state index in [2.05, 4.69) is 10.6 Å². The summed E-state index contributed by atoms with van der Waals surface area (Å²) in [6, 6.07) is 15.9. The predicted molar refractivity (Wildman–Crippen MR) is 125 cm³/mol. The molecule has 0 bridgehead atoms. The normalized spacial score (nSPS) is 14.9. The molecule has 0 radical (unpaired) electrons. The number of benzene rings is 2. The molecule has 172 valence electrons. The number of carbonyl (C=O) groups excluding carboxylic acids is 2. The van der Waals surface area contributed by atoms with Crippen LogP contribution in [0.1, 0.15) is 46.6 Å². The van der Waals surface area contributed by atoms with Gasteiger partial charge in [-0.25, -0.2) is 8.42 Å². The van der Waals surface area contributed by atoms with Crippen LogP contribution in [0.3, 0.4) is 0 Å². The van der Waals surface area contributed by atoms with Crippen molar-refractivity contribution in [3.05, 3.63) is 78.3 Å². The van der Waals surface area contributed by atoms with E-state index in [1.807, 2.05) is 0 Å². The van der Waals surface area contributed by atoms with Crippen molar-refractivity contribution in [1.29, 1.82) is 0 Å². The van der Waals surface area contributed by atoms with E-state index in [1.165, 1.54) is 22.7 Å². The van der Waals surface area contributed by atoms with Gasteiger partial charge >= 0.3 is 0 Å². The molecule has 3 aromatic rings. The summed E-state index contributed by atoms with van der Waals surface area (Å²) in [6.45, 7) is 1.02. The van der Waals surface area contributed by atoms with Crippen LogP contribution in [-0.2, 0) is 10.0 Å². The van der Waals surface area contributed by atoms with Gasteiger partial charge < -0.3 is 15.1 Å². The van der Waals surface area contributed by atoms with Crippen molar-refractivity contribution in [1.82, 2.24) is 4.31 Å². The van der Waals surface area contributed by atoms with Crippen LogP contribution in [0.5, 0.6) is 0 Å². The largest absolute Gasteiger partial charge is 0.459 e. The summed E-state index contributed by atoms with van der Waals surface area (Å²) in [7, 11) is -3.62. The number of sulfonamides is 1. The molecule has 1 aliphatic rings. The second kappa shape index (κ2) is 10.0. The maximum Gasteiger partial charge on any atom is 0.291 e. The summed E-state index contributed by atoms with van der Waals surface area (Å²) in [6.07, 6.45) is 5.16. The van der Waals surface area contributed by atoms with E-state index in [-0.39, 0.29) is 10.7 Å². The van der Waals surface area contributed by atoms with Crippen LogP contribution in [0.15, 0.2) is 76.2 Å². The maximum atomic E-state index is 13.1. The standard InChI is InChI=1S/C24H25N3O5S/c28-23(18-8-5-9-19(16-18)26-24(29)22-12-7-15-32-22)25-20-10-6-11-21(17-20)33(30,31)27-13-3-1-2-4-14-27/h5-12,15-17H,1-4,13-14H2,(H,25,28)(H,26,29). The van der Waals surface area contributed by atoms with Crippen LogP contribution in [-0.4, -0.2) is 37.6 Å². The molecule has 9 heteroatoms. The van der Waals surface area contributed by atoms with E-state index >= 15 is 0 Å². The van der Waals surface area contributed by atoms with Crippen molar-refractivity contribution in [3.63, 3.8) is 0 Å². The SMILES string of the molecule is O=C(Nc1cccc(S(=O)(=O)N2CCCCCC2)c1)c1cccc(NC(=O)c2ccco2)c1. The minimum absolute atomic E-state index is 0.154. The van der Waals surface area contributed by atoms with Gasteiger partial charge in [-0.15, -0.1) is 0 Å². The fourth-order valence-corrected chi connectivity index (χ4v) is 5.27. The monoisotopic (exact) mass is 467 g/mol. The van der Waals surface area contributed by atoms with Crippen LogP contribution >= 0.6 is 0 Å². The highest BCUT2D eigenvalue weighted by Crippen LogP contribution is 2.23. The van der Waals surface area contributed by atoms with E-state index in [9.17, 15) is 18.0 Å². The van der Waals surface area contributed by atoms with Crippen LogP contribution in [0.2, 0.25) is 0 Å². The Labute approximate surface area is 192 Å². The van der Waals surface area contributed by atoms with E-state index in [0.717, 1.165) is 25.7 Å². The molecule has 33 heavy (non-hydrogen) atoms. The number of anilines is 2. The second-order valence-corrected chi connectivity index (χ2v) is 9.75. The Bertz CT molecular complexity index is 1230. The Hall–Kier alpha value is -3.43. The lowest BCUT2D eigenvalue weighted by Crippen LogP contribution is -2.32. The first kappa shape index (κ1) is 22.8. The molecule has 0 atom stereocenters. The molecule has 2 amide bonds. The quantitative estimate of drug-likeness (QED) is 0.560. The molecule has 2 aromatic carbocycles. The Morgan fingerprint density at radius 2 is 1.45 bits per heavy atom. The highest BCUT2D eigenvalue weighted by molar-refractivity contribution is 7.89. The molecule has 8 nitrogen and oxygen atoms in total. The zero-order valence-corrected chi connectivity index (χ0v) is 18.8. The molecule has 0 spiro atoms. The maximum absolute atomic E-state index is 13.1. The minimum Gasteiger partial charge on any atom is -0.459 e. The first-order chi connectivity index (χ1) is 15.9. The van der Waals surface area contributed by atoms with Gasteiger partial charge in [0.1, 0.15) is 0 Å². The van der Waals surface area contributed by atoms with Gasteiger partial charge in [0.2, 0.25) is 10.0 Å². The molecular weight excluding hydrogens is 442 g/mol. The number of hydrogen-bond acceptors (Lipinski definition) is 5. The van der Waals surface area contributed by atoms with Crippen LogP contribution < -0.4 is 10.6 Å². The molecule has 1 fully saturated rings. The zero-order valence-electron chi connectivity index (χ0n) is 18.0. The number of carbonyl (C=O) groups is 2. The van der Waals surface area contributed by atoms with Crippen LogP contribution in [0, 0.1) is 0 Å². The van der Waals surface area contributed by atoms with Gasteiger partial charge in [-0.1, -0.05) is 25.0 Å². The lowest BCUT2D eigenvalue weighted by atomic mass is 10.1. The molecule has 0 unspecified atom stereocenters. The number of amides is 2. The highest BCUT2D eigenvalue weighted by atomic mass is 32.2. The fourth-order valence-electron chi connectivity index (χ4n) is 3.71. The van der Waals surface area contributed by atoms with Crippen molar-refractivity contribution in [2.24, 2.45) is 0 Å². The van der Waals surface area contributed by atoms with Crippen molar-refractivity contribution in [2.75, 3.05) is 23.7 Å². The molecule has 1 saturated heterocycles. The van der Waals surface area contributed by atoms with Gasteiger partial charge in [-0.05, 0) is 61.4 Å². The van der Waals surface area contributed by atoms with Gasteiger partial charge in [-0.3, -0.25) is 9.59 Å². The Morgan fingerprint density at radius 1 is 0.788 bits per heavy atom. The lowest BCUT2D eigenvalue weighted by molar-refractivity contribution is 0.0993. The number of rotatable bonds is 6. The fraction of sp³-hybridized carbons (Fsp3) is 0.250. The summed E-state index contributed by atoms with van der Waals surface area (Å²) in [5.74, 6) is -0.690. The van der Waals surface area contributed by atoms with E-state index in [0.29, 0.717) is 30.0 Å². The van der Waals surface area contributed by atoms with Crippen molar-refractivity contribution in [2.45, 2.75) is 30.6 Å². The molecule has 1 aliphatic heterocycles. The molecule has 4 rings (SSSR count). The average molecular weight is 468 g/mol. The third-order valence-electron chi connectivity index (χ3n) is 5.42. The molecule has 2 N–H and O–H groups in total. The topological polar surface area (TPSA) is 109 Å². The van der Waals surface area contributed by atoms with Crippen molar-refractivity contribution in [3.8, 4) is 0 Å². The van der Waals surface area contributed by atoms with Crippen LogP contribution in [0.4, 0.5) is 11.4 Å². The van der Waals surface area contributed by atoms with Crippen molar-refractivity contribution >= 4 is 33.2 Å². The summed E-state index contributed by atoms with van der Waals surface area (Å²) in [5.41, 5.74) is 1.12. The second-order valence-electron chi connectivity index (χ2n) is 7.81. The molecule has 0 saturated carbocycles. The van der Waals surface area contributed by atoms with E-state index in [4.69, 9.17) is 4.42 Å². The zero-order chi connectivity index (χ0) is 23.3. The Morgan fingerprint density at radius 3 is 2.15 bits per heavy atom. The highest BCUT2D eigenvalue weighted by Gasteiger charge is 2.25. The van der Waals surface area contributed by atoms with Gasteiger partial charge in [-0.2, -0.15) is 4.31 Å². The first-order valence-corrected chi connectivity index (χ1v) is 12.2. The van der Waals surface area contributed by atoms with E-state index in [1.54, 1.807) is 48.5 Å². The number of nitrogens with one attached hydrogen (secondary N) is 2. The van der Waals surface area contributed by atoms with E-state index < -0.39 is 21.8 Å². The Balaban J connectivity index is 1.47. The summed E-state index contributed by atoms with van der Waals surface area (Å²) < 4.78 is 32.7. The number of hydrogen-bond donors (Lipinski definition) is 2. The van der Waals surface area contributed by atoms with Gasteiger partial charge in [0.15, 0.2) is 5.76 Å². The lowest BCUT2D eigenvalue weighted by Gasteiger charge is -2.20. The summed E-state index contributed by atoms with van der Waals surface area (Å²) in [5, 5.41) is 5.42. The van der Waals surface area contributed by atoms with Crippen LogP contribution in [0.25, 0.3) is 0 Å². The van der Waals surface area contributed by atoms with Gasteiger partial charge in [0.25, 0.3) is 11.8 Å². The first-order valence-electron chi connectivity index (χ1n) is 10.8. The predicted octanol–water partition coefficient (Wildman–Crippen LogP) is 4.35. The molecule has 0 aliphatic carbocycles. The summed E-state index contributed by atoms with van der Waals surface area (Å²) >= 11 is 0. The third-order valence-corrected chi connectivity index (χ3v) is 7.32. The average Bonchev–Trinajstić information content (AvgIpc) is 3.21. The number of nitrogens with zero attached hydrogens (tertiary/aromatic N) is 1. The Kier molecular flexibility index (Phi) is 6.90. The molecule has 1 aromatic heterocycles. The van der Waals surface area contributed by atoms with Gasteiger partial charge in [0, 0.05) is 30.0 Å². The third kappa shape index (κ3) is 5.50. The molecule has 2 heterocycles. The number of furan rings is 1. The smallest absolute Gasteiger partial charge is 0.291 e. The van der Waals surface area contributed by atoms with Crippen molar-refractivity contribution < 1.29 is 22.4 Å². The van der Waals surface area contributed by atoms with Gasteiger partial charge in [0.05, 0.1) is 11.2 Å². The minimum atomic E-state index is -3.62. The molecular formula is C24H25N3O5S. The summed E-state index contributed by atoms with van der Waals surface area (Å²) in [4.78, 5) is 25.1.